The molecule has 1 aromatic carbocycles. The molecule has 0 heterocycles. The highest BCUT2D eigenvalue weighted by atomic mass is 16.5. The van der Waals surface area contributed by atoms with Gasteiger partial charge in [-0.15, -0.1) is 0 Å². The minimum atomic E-state index is -0.0741. The van der Waals surface area contributed by atoms with Gasteiger partial charge in [-0.2, -0.15) is 0 Å². The van der Waals surface area contributed by atoms with Crippen LogP contribution in [0.2, 0.25) is 0 Å². The number of nitrogens with zero attached hydrogens (tertiary/aromatic N) is 1. The Morgan fingerprint density at radius 3 is 2.71 bits per heavy atom. The summed E-state index contributed by atoms with van der Waals surface area (Å²) in [4.78, 5) is 14.1. The zero-order chi connectivity index (χ0) is 15.8. The Bertz CT molecular complexity index is 461. The first-order chi connectivity index (χ1) is 9.99. The fourth-order valence-corrected chi connectivity index (χ4v) is 2.17. The monoisotopic (exact) mass is 293 g/mol. The summed E-state index contributed by atoms with van der Waals surface area (Å²) in [7, 11) is 1.68. The van der Waals surface area contributed by atoms with Crippen LogP contribution in [0.3, 0.4) is 0 Å². The molecule has 0 aliphatic rings. The minimum Gasteiger partial charge on any atom is -0.397 e. The maximum atomic E-state index is 12.0. The van der Waals surface area contributed by atoms with Crippen LogP contribution in [0.25, 0.3) is 0 Å². The van der Waals surface area contributed by atoms with E-state index in [4.69, 9.17) is 10.5 Å². The summed E-state index contributed by atoms with van der Waals surface area (Å²) < 4.78 is 5.17. The van der Waals surface area contributed by atoms with Crippen molar-refractivity contribution in [1.82, 2.24) is 5.32 Å². The van der Waals surface area contributed by atoms with Crippen molar-refractivity contribution >= 4 is 17.3 Å². The Kier molecular flexibility index (Phi) is 7.02. The molecule has 0 bridgehead atoms. The Balaban J connectivity index is 3.04. The predicted octanol–water partition coefficient (Wildman–Crippen LogP) is 2.13. The van der Waals surface area contributed by atoms with Crippen molar-refractivity contribution in [1.29, 1.82) is 0 Å². The molecule has 3 N–H and O–H groups in total. The van der Waals surface area contributed by atoms with E-state index in [2.05, 4.69) is 24.1 Å². The van der Waals surface area contributed by atoms with Gasteiger partial charge in [0.1, 0.15) is 0 Å². The average Bonchev–Trinajstić information content (AvgIpc) is 2.44. The lowest BCUT2D eigenvalue weighted by molar-refractivity contribution is 0.0956. The van der Waals surface area contributed by atoms with Gasteiger partial charge in [0.15, 0.2) is 0 Å². The highest BCUT2D eigenvalue weighted by molar-refractivity contribution is 5.96. The smallest absolute Gasteiger partial charge is 0.251 e. The number of methoxy groups -OCH3 is 1. The van der Waals surface area contributed by atoms with Crippen molar-refractivity contribution in [2.45, 2.75) is 20.8 Å². The Morgan fingerprint density at radius 1 is 1.43 bits per heavy atom. The first-order valence-electron chi connectivity index (χ1n) is 7.41. The van der Waals surface area contributed by atoms with E-state index in [0.717, 1.165) is 18.8 Å². The summed E-state index contributed by atoms with van der Waals surface area (Å²) >= 11 is 0. The number of carbonyl (C=O) groups excluding carboxylic acids is 1. The Hall–Kier alpha value is -1.75. The molecule has 0 aliphatic carbocycles. The Morgan fingerprint density at radius 2 is 2.14 bits per heavy atom. The first kappa shape index (κ1) is 17.3. The zero-order valence-corrected chi connectivity index (χ0v) is 13.5. The first-order valence-corrected chi connectivity index (χ1v) is 7.41. The standard InChI is InChI=1S/C16H27N3O2/c1-5-18-16(20)13-6-7-14(17)15(10-13)19(8-9-21-4)11-12(2)3/h6-7,10,12H,5,8-9,11,17H2,1-4H3,(H,18,20). The van der Waals surface area contributed by atoms with Crippen LogP contribution in [-0.4, -0.2) is 39.3 Å². The Labute approximate surface area is 127 Å². The number of nitrogens with two attached hydrogens (primary N) is 1. The van der Waals surface area contributed by atoms with Crippen molar-refractivity contribution in [3.8, 4) is 0 Å². The third-order valence-electron chi connectivity index (χ3n) is 3.12. The van der Waals surface area contributed by atoms with Gasteiger partial charge < -0.3 is 20.7 Å². The lowest BCUT2D eigenvalue weighted by atomic mass is 10.1. The van der Waals surface area contributed by atoms with Gasteiger partial charge in [-0.05, 0) is 31.0 Å². The molecule has 0 radical (unpaired) electrons. The highest BCUT2D eigenvalue weighted by Crippen LogP contribution is 2.25. The second-order valence-corrected chi connectivity index (χ2v) is 5.47. The molecular formula is C16H27N3O2. The molecule has 0 aliphatic heterocycles. The minimum absolute atomic E-state index is 0.0741. The SMILES string of the molecule is CCNC(=O)c1ccc(N)c(N(CCOC)CC(C)C)c1. The summed E-state index contributed by atoms with van der Waals surface area (Å²) in [5.74, 6) is 0.421. The highest BCUT2D eigenvalue weighted by Gasteiger charge is 2.14. The van der Waals surface area contributed by atoms with Gasteiger partial charge in [-0.1, -0.05) is 13.8 Å². The third kappa shape index (κ3) is 5.27. The van der Waals surface area contributed by atoms with Crippen molar-refractivity contribution in [3.05, 3.63) is 23.8 Å². The average molecular weight is 293 g/mol. The van der Waals surface area contributed by atoms with Crippen LogP contribution in [0, 0.1) is 5.92 Å². The second kappa shape index (κ2) is 8.52. The van der Waals surface area contributed by atoms with Gasteiger partial charge in [0, 0.05) is 32.3 Å². The summed E-state index contributed by atoms with van der Waals surface area (Å²) in [6, 6.07) is 5.41. The molecule has 0 atom stereocenters. The van der Waals surface area contributed by atoms with E-state index in [1.165, 1.54) is 0 Å². The normalized spacial score (nSPS) is 10.7. The van der Waals surface area contributed by atoms with Crippen molar-refractivity contribution in [2.24, 2.45) is 5.92 Å². The molecule has 0 unspecified atom stereocenters. The van der Waals surface area contributed by atoms with E-state index in [-0.39, 0.29) is 5.91 Å². The van der Waals surface area contributed by atoms with Crippen molar-refractivity contribution in [2.75, 3.05) is 44.0 Å². The molecular weight excluding hydrogens is 266 g/mol. The largest absolute Gasteiger partial charge is 0.397 e. The molecule has 0 saturated heterocycles. The summed E-state index contributed by atoms with van der Waals surface area (Å²) in [6.07, 6.45) is 0. The number of benzene rings is 1. The lowest BCUT2D eigenvalue weighted by Crippen LogP contribution is -2.32. The molecule has 21 heavy (non-hydrogen) atoms. The number of nitrogen functional groups attached to an aromatic ring is 1. The molecule has 0 saturated carbocycles. The van der Waals surface area contributed by atoms with E-state index >= 15 is 0 Å². The summed E-state index contributed by atoms with van der Waals surface area (Å²) in [5, 5.41) is 2.81. The quantitative estimate of drug-likeness (QED) is 0.721. The van der Waals surface area contributed by atoms with Gasteiger partial charge >= 0.3 is 0 Å². The predicted molar refractivity (Wildman–Crippen MR) is 87.8 cm³/mol. The number of hydrogen-bond acceptors (Lipinski definition) is 4. The van der Waals surface area contributed by atoms with Gasteiger partial charge in [0.25, 0.3) is 5.91 Å². The fraction of sp³-hybridized carbons (Fsp3) is 0.562. The topological polar surface area (TPSA) is 67.6 Å². The molecule has 0 spiro atoms. The lowest BCUT2D eigenvalue weighted by Gasteiger charge is -2.28. The zero-order valence-electron chi connectivity index (χ0n) is 13.5. The molecule has 1 rings (SSSR count). The molecule has 5 heteroatoms. The number of anilines is 2. The van der Waals surface area contributed by atoms with Crippen LogP contribution < -0.4 is 16.0 Å². The molecule has 5 nitrogen and oxygen atoms in total. The van der Waals surface area contributed by atoms with Crippen LogP contribution in [0.1, 0.15) is 31.1 Å². The maximum absolute atomic E-state index is 12.0. The van der Waals surface area contributed by atoms with E-state index in [0.29, 0.717) is 30.3 Å². The van der Waals surface area contributed by atoms with Crippen LogP contribution >= 0.6 is 0 Å². The van der Waals surface area contributed by atoms with Gasteiger partial charge in [-0.25, -0.2) is 0 Å². The number of rotatable bonds is 8. The molecule has 118 valence electrons. The van der Waals surface area contributed by atoms with Gasteiger partial charge in [-0.3, -0.25) is 4.79 Å². The maximum Gasteiger partial charge on any atom is 0.251 e. The van der Waals surface area contributed by atoms with E-state index < -0.39 is 0 Å². The molecule has 1 amide bonds. The fourth-order valence-electron chi connectivity index (χ4n) is 2.17. The number of amides is 1. The molecule has 0 fully saturated rings. The van der Waals surface area contributed by atoms with Crippen LogP contribution in [0.15, 0.2) is 18.2 Å². The van der Waals surface area contributed by atoms with E-state index in [1.54, 1.807) is 19.2 Å². The number of nitrogens with one attached hydrogen (secondary N) is 1. The van der Waals surface area contributed by atoms with Crippen LogP contribution in [0.4, 0.5) is 11.4 Å². The van der Waals surface area contributed by atoms with Crippen molar-refractivity contribution in [3.63, 3.8) is 0 Å². The number of carbonyl (C=O) groups is 1. The third-order valence-corrected chi connectivity index (χ3v) is 3.12. The second-order valence-electron chi connectivity index (χ2n) is 5.47. The van der Waals surface area contributed by atoms with E-state index in [1.807, 2.05) is 13.0 Å². The van der Waals surface area contributed by atoms with Crippen molar-refractivity contribution < 1.29 is 9.53 Å². The van der Waals surface area contributed by atoms with Crippen LogP contribution in [-0.2, 0) is 4.74 Å². The number of hydrogen-bond donors (Lipinski definition) is 2. The summed E-state index contributed by atoms with van der Waals surface area (Å²) in [5.41, 5.74) is 8.30. The van der Waals surface area contributed by atoms with Crippen LogP contribution in [0.5, 0.6) is 0 Å². The number of ether oxygens (including phenoxy) is 1. The molecule has 1 aromatic rings. The van der Waals surface area contributed by atoms with Gasteiger partial charge in [0.05, 0.1) is 18.0 Å². The molecule has 0 aromatic heterocycles. The van der Waals surface area contributed by atoms with E-state index in [9.17, 15) is 4.79 Å². The summed E-state index contributed by atoms with van der Waals surface area (Å²) in [6.45, 7) is 9.06. The van der Waals surface area contributed by atoms with Gasteiger partial charge in [0.2, 0.25) is 0 Å².